The van der Waals surface area contributed by atoms with E-state index in [1.807, 2.05) is 13.8 Å². The highest BCUT2D eigenvalue weighted by Crippen LogP contribution is 2.26. The smallest absolute Gasteiger partial charge is 0.111 e. The van der Waals surface area contributed by atoms with Crippen molar-refractivity contribution in [2.45, 2.75) is 75.4 Å². The van der Waals surface area contributed by atoms with Crippen molar-refractivity contribution in [3.8, 4) is 0 Å². The quantitative estimate of drug-likeness (QED) is 0.302. The normalized spacial score (nSPS) is 44.7. The first-order chi connectivity index (χ1) is 10.8. The Morgan fingerprint density at radius 2 is 1.04 bits per heavy atom. The van der Waals surface area contributed by atoms with Crippen molar-refractivity contribution >= 4 is 0 Å². The molecule has 2 aliphatic rings. The number of nitrogens with one attached hydrogen (secondary N) is 1. The highest BCUT2D eigenvalue weighted by atomic mass is 16.4. The number of aliphatic hydroxyl groups is 6. The second kappa shape index (κ2) is 7.40. The molecule has 8 atom stereocenters. The zero-order valence-electron chi connectivity index (χ0n) is 13.4. The number of rotatable bonds is 4. The first-order valence-corrected chi connectivity index (χ1v) is 8.07. The first kappa shape index (κ1) is 18.5. The van der Waals surface area contributed by atoms with Crippen LogP contribution >= 0.6 is 0 Å². The summed E-state index contributed by atoms with van der Waals surface area (Å²) in [4.78, 5) is 0. The fourth-order valence-electron chi connectivity index (χ4n) is 3.26. The first-order valence-electron chi connectivity index (χ1n) is 8.07. The predicted octanol–water partition coefficient (Wildman–Crippen LogP) is -1.82. The Kier molecular flexibility index (Phi) is 5.96. The molecule has 7 nitrogen and oxygen atoms in total. The van der Waals surface area contributed by atoms with Crippen LogP contribution in [0, 0.1) is 0 Å². The summed E-state index contributed by atoms with van der Waals surface area (Å²) in [6.45, 7) is 3.67. The van der Waals surface area contributed by atoms with Gasteiger partial charge in [0.1, 0.15) is 36.6 Å². The van der Waals surface area contributed by atoms with Gasteiger partial charge in [-0.2, -0.15) is 0 Å². The van der Waals surface area contributed by atoms with E-state index in [0.29, 0.717) is 24.0 Å². The largest absolute Gasteiger partial charge is 0.388 e. The molecule has 0 amide bonds. The molecule has 0 heterocycles. The van der Waals surface area contributed by atoms with E-state index in [9.17, 15) is 30.6 Å². The Hall–Kier alpha value is -0.800. The van der Waals surface area contributed by atoms with Gasteiger partial charge in [-0.25, -0.2) is 0 Å². The minimum atomic E-state index is -1.32. The van der Waals surface area contributed by atoms with E-state index in [-0.39, 0.29) is 0 Å². The second-order valence-corrected chi connectivity index (χ2v) is 6.26. The van der Waals surface area contributed by atoms with Gasteiger partial charge in [0.05, 0.1) is 12.1 Å². The van der Waals surface area contributed by atoms with Gasteiger partial charge in [-0.15, -0.1) is 0 Å². The maximum absolute atomic E-state index is 10.1. The van der Waals surface area contributed by atoms with Gasteiger partial charge < -0.3 is 30.6 Å². The van der Waals surface area contributed by atoms with E-state index >= 15 is 0 Å². The van der Waals surface area contributed by atoms with Crippen molar-refractivity contribution in [3.63, 3.8) is 0 Å². The molecule has 7 heteroatoms. The molecule has 2 rings (SSSR count). The maximum Gasteiger partial charge on any atom is 0.111 e. The molecule has 23 heavy (non-hydrogen) atoms. The van der Waals surface area contributed by atoms with E-state index in [1.54, 1.807) is 12.2 Å². The predicted molar refractivity (Wildman–Crippen MR) is 83.5 cm³/mol. The highest BCUT2D eigenvalue weighted by Gasteiger charge is 2.41. The summed E-state index contributed by atoms with van der Waals surface area (Å²) in [5, 5.41) is 63.0. The number of aliphatic hydroxyl groups excluding tert-OH is 6. The van der Waals surface area contributed by atoms with Gasteiger partial charge in [0.25, 0.3) is 0 Å². The Balaban J connectivity index is 2.23. The molecule has 0 aliphatic heterocycles. The Bertz CT molecular complexity index is 437. The highest BCUT2D eigenvalue weighted by molar-refractivity contribution is 5.25. The van der Waals surface area contributed by atoms with E-state index in [4.69, 9.17) is 0 Å². The van der Waals surface area contributed by atoms with Crippen molar-refractivity contribution in [2.24, 2.45) is 0 Å². The van der Waals surface area contributed by atoms with E-state index in [1.165, 1.54) is 0 Å². The SMILES string of the molecule is CCC1=C[C@H](N[C@H]2C=C(CC)[C@@H](O)[C@H](O)[C@H]2O)[C@H](O)[C@@H](O)[C@@H]1O. The minimum Gasteiger partial charge on any atom is -0.388 e. The van der Waals surface area contributed by atoms with Crippen LogP contribution in [0.1, 0.15) is 26.7 Å². The molecule has 0 saturated carbocycles. The summed E-state index contributed by atoms with van der Waals surface area (Å²) in [5.74, 6) is 0. The third-order valence-corrected chi connectivity index (χ3v) is 4.83. The van der Waals surface area contributed by atoms with Crippen LogP contribution in [-0.4, -0.2) is 79.3 Å². The summed E-state index contributed by atoms with van der Waals surface area (Å²) in [7, 11) is 0. The maximum atomic E-state index is 10.1. The van der Waals surface area contributed by atoms with E-state index in [0.717, 1.165) is 0 Å². The molecule has 0 aromatic rings. The standard InChI is InChI=1S/C16H27NO6/c1-3-7-5-9(13(20)15(22)11(7)18)17-10-6-8(4-2)12(19)16(23)14(10)21/h5-6,9-23H,3-4H2,1-2H3/t9-,10-,11+,12+,13-,14-,15-,16-/m0/s1. The monoisotopic (exact) mass is 329 g/mol. The van der Waals surface area contributed by atoms with Crippen molar-refractivity contribution in [2.75, 3.05) is 0 Å². The summed E-state index contributed by atoms with van der Waals surface area (Å²) < 4.78 is 0. The van der Waals surface area contributed by atoms with Crippen LogP contribution in [-0.2, 0) is 0 Å². The molecule has 0 radical (unpaired) electrons. The van der Waals surface area contributed by atoms with Crippen LogP contribution in [0.25, 0.3) is 0 Å². The molecule has 0 aromatic carbocycles. The topological polar surface area (TPSA) is 133 Å². The Morgan fingerprint density at radius 1 is 0.696 bits per heavy atom. The zero-order chi connectivity index (χ0) is 17.3. The molecule has 7 N–H and O–H groups in total. The fourth-order valence-corrected chi connectivity index (χ4v) is 3.26. The average Bonchev–Trinajstić information content (AvgIpc) is 2.55. The second-order valence-electron chi connectivity index (χ2n) is 6.26. The van der Waals surface area contributed by atoms with Crippen LogP contribution in [0.5, 0.6) is 0 Å². The summed E-state index contributed by atoms with van der Waals surface area (Å²) in [5.41, 5.74) is 1.21. The van der Waals surface area contributed by atoms with Crippen LogP contribution in [0.15, 0.2) is 23.3 Å². The van der Waals surface area contributed by atoms with E-state index in [2.05, 4.69) is 5.32 Å². The molecule has 132 valence electrons. The third kappa shape index (κ3) is 3.51. The number of hydrogen-bond donors (Lipinski definition) is 7. The lowest BCUT2D eigenvalue weighted by Gasteiger charge is -2.40. The van der Waals surface area contributed by atoms with Crippen LogP contribution < -0.4 is 5.32 Å². The van der Waals surface area contributed by atoms with Gasteiger partial charge in [0.15, 0.2) is 0 Å². The molecule has 2 aliphatic carbocycles. The molecule has 0 spiro atoms. The summed E-state index contributed by atoms with van der Waals surface area (Å²) in [6, 6.07) is -1.36. The van der Waals surface area contributed by atoms with Gasteiger partial charge in [-0.05, 0) is 24.0 Å². The molecule has 0 unspecified atom stereocenters. The van der Waals surface area contributed by atoms with E-state index < -0.39 is 48.7 Å². The van der Waals surface area contributed by atoms with Gasteiger partial charge in [-0.3, -0.25) is 5.32 Å². The lowest BCUT2D eigenvalue weighted by Crippen LogP contribution is -2.60. The molecule has 0 bridgehead atoms. The minimum absolute atomic E-state index is 0.522. The lowest BCUT2D eigenvalue weighted by atomic mass is 9.83. The van der Waals surface area contributed by atoms with Gasteiger partial charge in [0, 0.05) is 0 Å². The third-order valence-electron chi connectivity index (χ3n) is 4.83. The zero-order valence-corrected chi connectivity index (χ0v) is 13.4. The lowest BCUT2D eigenvalue weighted by molar-refractivity contribution is -0.0787. The van der Waals surface area contributed by atoms with Crippen molar-refractivity contribution in [1.29, 1.82) is 0 Å². The molecule has 0 fully saturated rings. The molecule has 0 aromatic heterocycles. The molecular weight excluding hydrogens is 302 g/mol. The summed E-state index contributed by atoms with van der Waals surface area (Å²) in [6.07, 6.45) is -3.02. The van der Waals surface area contributed by atoms with Gasteiger partial charge >= 0.3 is 0 Å². The Labute approximate surface area is 135 Å². The molecule has 0 saturated heterocycles. The van der Waals surface area contributed by atoms with Gasteiger partial charge in [-0.1, -0.05) is 26.0 Å². The van der Waals surface area contributed by atoms with Crippen molar-refractivity contribution < 1.29 is 30.6 Å². The molecular formula is C16H27NO6. The number of hydrogen-bond acceptors (Lipinski definition) is 7. The van der Waals surface area contributed by atoms with Crippen molar-refractivity contribution in [1.82, 2.24) is 5.32 Å². The Morgan fingerprint density at radius 3 is 1.35 bits per heavy atom. The average molecular weight is 329 g/mol. The van der Waals surface area contributed by atoms with Crippen LogP contribution in [0.3, 0.4) is 0 Å². The van der Waals surface area contributed by atoms with Crippen molar-refractivity contribution in [3.05, 3.63) is 23.3 Å². The fraction of sp³-hybridized carbons (Fsp3) is 0.750. The van der Waals surface area contributed by atoms with Crippen LogP contribution in [0.2, 0.25) is 0 Å². The van der Waals surface area contributed by atoms with Crippen LogP contribution in [0.4, 0.5) is 0 Å². The summed E-state index contributed by atoms with van der Waals surface area (Å²) >= 11 is 0. The van der Waals surface area contributed by atoms with Gasteiger partial charge in [0.2, 0.25) is 0 Å².